The van der Waals surface area contributed by atoms with Crippen molar-refractivity contribution in [2.45, 2.75) is 104 Å². The molecule has 1 atom stereocenters. The van der Waals surface area contributed by atoms with E-state index in [0.717, 1.165) is 19.3 Å². The van der Waals surface area contributed by atoms with E-state index in [0.29, 0.717) is 25.7 Å². The number of Topliss-reactive ketones (excluding diaryl/α,β-unsaturated/α-hetero) is 1. The summed E-state index contributed by atoms with van der Waals surface area (Å²) in [5, 5.41) is 11.5. The highest BCUT2D eigenvalue weighted by Gasteiger charge is 2.22. The summed E-state index contributed by atoms with van der Waals surface area (Å²) in [6.45, 7) is 9.41. The van der Waals surface area contributed by atoms with Crippen LogP contribution in [0.5, 0.6) is 0 Å². The number of esters is 1. The predicted octanol–water partition coefficient (Wildman–Crippen LogP) is 3.63. The first kappa shape index (κ1) is 26.1. The molecule has 0 aromatic carbocycles. The highest BCUT2D eigenvalue weighted by atomic mass is 16.6. The standard InChI is InChI=1S/C21H37NO6/c1-15(2)14-16(17(23)12-13-19(25)26)22-18(24)10-8-6-7-9-11-20(27)28-21(3,4)5/h15-16H,6-14H2,1-5H3,(H,22,24)(H,25,26)/t16-/m0/s1. The van der Waals surface area contributed by atoms with Gasteiger partial charge in [-0.15, -0.1) is 0 Å². The summed E-state index contributed by atoms with van der Waals surface area (Å²) in [4.78, 5) is 46.5. The van der Waals surface area contributed by atoms with Crippen LogP contribution in [-0.2, 0) is 23.9 Å². The van der Waals surface area contributed by atoms with Gasteiger partial charge in [0.25, 0.3) is 0 Å². The molecule has 0 aromatic heterocycles. The molecule has 0 aromatic rings. The molecular formula is C21H37NO6. The van der Waals surface area contributed by atoms with Crippen LogP contribution in [-0.4, -0.2) is 40.4 Å². The van der Waals surface area contributed by atoms with Crippen molar-refractivity contribution in [2.24, 2.45) is 5.92 Å². The van der Waals surface area contributed by atoms with E-state index < -0.39 is 17.6 Å². The topological polar surface area (TPSA) is 110 Å². The Bertz CT molecular complexity index is 521. The van der Waals surface area contributed by atoms with Crippen LogP contribution in [0.15, 0.2) is 0 Å². The molecule has 0 saturated carbocycles. The van der Waals surface area contributed by atoms with E-state index in [1.165, 1.54) is 0 Å². The van der Waals surface area contributed by atoms with E-state index in [1.54, 1.807) is 0 Å². The van der Waals surface area contributed by atoms with Gasteiger partial charge < -0.3 is 15.2 Å². The predicted molar refractivity (Wildman–Crippen MR) is 107 cm³/mol. The van der Waals surface area contributed by atoms with Crippen molar-refractivity contribution in [3.8, 4) is 0 Å². The maximum atomic E-state index is 12.2. The van der Waals surface area contributed by atoms with Gasteiger partial charge in [-0.05, 0) is 46.0 Å². The minimum absolute atomic E-state index is 0.0718. The van der Waals surface area contributed by atoms with Gasteiger partial charge in [0.15, 0.2) is 5.78 Å². The Morgan fingerprint density at radius 3 is 1.96 bits per heavy atom. The van der Waals surface area contributed by atoms with Gasteiger partial charge in [0.1, 0.15) is 5.60 Å². The van der Waals surface area contributed by atoms with Crippen LogP contribution in [0.25, 0.3) is 0 Å². The maximum absolute atomic E-state index is 12.2. The first-order chi connectivity index (χ1) is 12.9. The third-order valence-electron chi connectivity index (χ3n) is 3.97. The summed E-state index contributed by atoms with van der Waals surface area (Å²) < 4.78 is 5.24. The van der Waals surface area contributed by atoms with Crippen molar-refractivity contribution >= 4 is 23.6 Å². The lowest BCUT2D eigenvalue weighted by Crippen LogP contribution is -2.41. The van der Waals surface area contributed by atoms with E-state index in [4.69, 9.17) is 9.84 Å². The van der Waals surface area contributed by atoms with Crippen LogP contribution in [0.2, 0.25) is 0 Å². The lowest BCUT2D eigenvalue weighted by molar-refractivity contribution is -0.155. The lowest BCUT2D eigenvalue weighted by atomic mass is 9.97. The van der Waals surface area contributed by atoms with Gasteiger partial charge in [-0.25, -0.2) is 0 Å². The molecule has 0 bridgehead atoms. The van der Waals surface area contributed by atoms with Gasteiger partial charge in [0.2, 0.25) is 5.91 Å². The second kappa shape index (κ2) is 13.3. The fraction of sp³-hybridized carbons (Fsp3) is 0.810. The van der Waals surface area contributed by atoms with Crippen LogP contribution in [0.1, 0.15) is 92.4 Å². The van der Waals surface area contributed by atoms with E-state index >= 15 is 0 Å². The summed E-state index contributed by atoms with van der Waals surface area (Å²) in [5.41, 5.74) is -0.469. The fourth-order valence-corrected chi connectivity index (χ4v) is 2.71. The fourth-order valence-electron chi connectivity index (χ4n) is 2.71. The molecule has 7 heteroatoms. The number of ketones is 1. The largest absolute Gasteiger partial charge is 0.481 e. The van der Waals surface area contributed by atoms with Gasteiger partial charge in [-0.3, -0.25) is 19.2 Å². The van der Waals surface area contributed by atoms with E-state index in [9.17, 15) is 19.2 Å². The molecule has 0 saturated heterocycles. The number of carboxylic acids is 1. The summed E-state index contributed by atoms with van der Waals surface area (Å²) in [6.07, 6.45) is 3.94. The van der Waals surface area contributed by atoms with Crippen molar-refractivity contribution in [2.75, 3.05) is 0 Å². The molecule has 7 nitrogen and oxygen atoms in total. The zero-order valence-corrected chi connectivity index (χ0v) is 18.0. The lowest BCUT2D eigenvalue weighted by Gasteiger charge is -2.19. The Balaban J connectivity index is 4.12. The zero-order valence-electron chi connectivity index (χ0n) is 18.0. The highest BCUT2D eigenvalue weighted by molar-refractivity contribution is 5.90. The number of carbonyl (C=O) groups is 4. The second-order valence-corrected chi connectivity index (χ2v) is 8.61. The number of unbranched alkanes of at least 4 members (excludes halogenated alkanes) is 3. The molecule has 0 aliphatic heterocycles. The third-order valence-corrected chi connectivity index (χ3v) is 3.97. The molecule has 0 radical (unpaired) electrons. The Hall–Kier alpha value is -1.92. The number of ether oxygens (including phenoxy) is 1. The normalized spacial score (nSPS) is 12.5. The molecule has 0 rings (SSSR count). The zero-order chi connectivity index (χ0) is 21.7. The molecule has 0 aliphatic rings. The average Bonchev–Trinajstić information content (AvgIpc) is 2.53. The number of hydrogen-bond acceptors (Lipinski definition) is 5. The monoisotopic (exact) mass is 399 g/mol. The van der Waals surface area contributed by atoms with Crippen molar-refractivity contribution in [1.29, 1.82) is 0 Å². The number of carboxylic acid groups (broad SMARTS) is 1. The van der Waals surface area contributed by atoms with Crippen LogP contribution in [0.3, 0.4) is 0 Å². The first-order valence-electron chi connectivity index (χ1n) is 10.2. The smallest absolute Gasteiger partial charge is 0.306 e. The van der Waals surface area contributed by atoms with Crippen LogP contribution < -0.4 is 5.32 Å². The minimum atomic E-state index is -1.02. The molecule has 0 spiro atoms. The summed E-state index contributed by atoms with van der Waals surface area (Å²) in [5.74, 6) is -1.44. The van der Waals surface area contributed by atoms with Gasteiger partial charge >= 0.3 is 11.9 Å². The van der Waals surface area contributed by atoms with Gasteiger partial charge in [0, 0.05) is 19.3 Å². The number of hydrogen-bond donors (Lipinski definition) is 2. The Labute approximate surface area is 168 Å². The van der Waals surface area contributed by atoms with Crippen molar-refractivity contribution in [3.63, 3.8) is 0 Å². The summed E-state index contributed by atoms with van der Waals surface area (Å²) >= 11 is 0. The SMILES string of the molecule is CC(C)C[C@H](NC(=O)CCCCCCC(=O)OC(C)(C)C)C(=O)CCC(=O)O. The number of amides is 1. The van der Waals surface area contributed by atoms with Crippen LogP contribution in [0, 0.1) is 5.92 Å². The van der Waals surface area contributed by atoms with Gasteiger partial charge in [-0.1, -0.05) is 26.7 Å². The van der Waals surface area contributed by atoms with Crippen LogP contribution >= 0.6 is 0 Å². The van der Waals surface area contributed by atoms with E-state index in [-0.39, 0.29) is 36.4 Å². The quantitative estimate of drug-likeness (QED) is 0.341. The highest BCUT2D eigenvalue weighted by Crippen LogP contribution is 2.12. The molecule has 0 heterocycles. The van der Waals surface area contributed by atoms with Crippen LogP contribution in [0.4, 0.5) is 0 Å². The molecular weight excluding hydrogens is 362 g/mol. The average molecular weight is 400 g/mol. The number of carbonyl (C=O) groups excluding carboxylic acids is 3. The molecule has 162 valence electrons. The minimum Gasteiger partial charge on any atom is -0.481 e. The molecule has 2 N–H and O–H groups in total. The molecule has 1 amide bonds. The maximum Gasteiger partial charge on any atom is 0.306 e. The van der Waals surface area contributed by atoms with Gasteiger partial charge in [-0.2, -0.15) is 0 Å². The number of aliphatic carboxylic acids is 1. The number of nitrogens with one attached hydrogen (secondary N) is 1. The Kier molecular flexibility index (Phi) is 12.4. The molecule has 0 aliphatic carbocycles. The summed E-state index contributed by atoms with van der Waals surface area (Å²) in [6, 6.07) is -0.626. The van der Waals surface area contributed by atoms with Gasteiger partial charge in [0.05, 0.1) is 12.5 Å². The van der Waals surface area contributed by atoms with Crippen molar-refractivity contribution in [1.82, 2.24) is 5.32 Å². The molecule has 28 heavy (non-hydrogen) atoms. The Morgan fingerprint density at radius 2 is 1.46 bits per heavy atom. The number of rotatable bonds is 14. The third kappa shape index (κ3) is 15.2. The molecule has 0 fully saturated rings. The van der Waals surface area contributed by atoms with E-state index in [2.05, 4.69) is 5.32 Å². The van der Waals surface area contributed by atoms with Crippen molar-refractivity contribution in [3.05, 3.63) is 0 Å². The molecule has 0 unspecified atom stereocenters. The second-order valence-electron chi connectivity index (χ2n) is 8.61. The first-order valence-corrected chi connectivity index (χ1v) is 10.2. The van der Waals surface area contributed by atoms with Crippen molar-refractivity contribution < 1.29 is 29.0 Å². The summed E-state index contributed by atoms with van der Waals surface area (Å²) in [7, 11) is 0. The van der Waals surface area contributed by atoms with E-state index in [1.807, 2.05) is 34.6 Å². The Morgan fingerprint density at radius 1 is 0.893 bits per heavy atom.